The lowest BCUT2D eigenvalue weighted by Crippen LogP contribution is -2.17. The molecule has 1 aliphatic carbocycles. The fourth-order valence-corrected chi connectivity index (χ4v) is 1.83. The van der Waals surface area contributed by atoms with E-state index in [-0.39, 0.29) is 5.92 Å². The molecule has 15 heavy (non-hydrogen) atoms. The molecule has 1 aromatic carbocycles. The van der Waals surface area contributed by atoms with Gasteiger partial charge in [-0.05, 0) is 17.5 Å². The van der Waals surface area contributed by atoms with Crippen LogP contribution in [0.5, 0.6) is 0 Å². The minimum Gasteiger partial charge on any atom is -0.299 e. The molecule has 1 aliphatic rings. The highest BCUT2D eigenvalue weighted by atomic mass is 16.1. The van der Waals surface area contributed by atoms with Crippen LogP contribution in [0.1, 0.15) is 50.7 Å². The van der Waals surface area contributed by atoms with Gasteiger partial charge in [0, 0.05) is 12.3 Å². The van der Waals surface area contributed by atoms with Crippen molar-refractivity contribution in [2.24, 2.45) is 0 Å². The van der Waals surface area contributed by atoms with Gasteiger partial charge in [-0.1, -0.05) is 51.5 Å². The van der Waals surface area contributed by atoms with Crippen molar-refractivity contribution in [2.75, 3.05) is 0 Å². The summed E-state index contributed by atoms with van der Waals surface area (Å²) in [7, 11) is 0. The molecule has 1 nitrogen and oxygen atoms in total. The van der Waals surface area contributed by atoms with Crippen LogP contribution in [-0.2, 0) is 11.2 Å². The first-order chi connectivity index (χ1) is 7.20. The number of rotatable bonds is 0. The minimum atomic E-state index is 0.120. The highest BCUT2D eigenvalue weighted by Crippen LogP contribution is 2.27. The quantitative estimate of drug-likeness (QED) is 0.629. The van der Waals surface area contributed by atoms with Crippen molar-refractivity contribution in [3.63, 3.8) is 0 Å². The van der Waals surface area contributed by atoms with E-state index in [9.17, 15) is 4.79 Å². The maximum absolute atomic E-state index is 11.4. The van der Waals surface area contributed by atoms with E-state index in [1.807, 2.05) is 19.1 Å². The smallest absolute Gasteiger partial charge is 0.140 e. The summed E-state index contributed by atoms with van der Waals surface area (Å²) < 4.78 is 0. The molecule has 2 rings (SSSR count). The Morgan fingerprint density at radius 1 is 1.20 bits per heavy atom. The topological polar surface area (TPSA) is 17.1 Å². The number of fused-ring (bicyclic) bond motifs is 1. The molecular weight excluding hydrogens is 184 g/mol. The normalized spacial score (nSPS) is 18.9. The van der Waals surface area contributed by atoms with Gasteiger partial charge in [0.15, 0.2) is 0 Å². The number of benzene rings is 1. The fraction of sp³-hybridized carbons (Fsp3) is 0.500. The van der Waals surface area contributed by atoms with Crippen molar-refractivity contribution in [3.8, 4) is 0 Å². The second-order valence-electron chi connectivity index (χ2n) is 4.09. The Kier molecular flexibility index (Phi) is 4.54. The van der Waals surface area contributed by atoms with Crippen LogP contribution < -0.4 is 0 Å². The van der Waals surface area contributed by atoms with Gasteiger partial charge in [0.05, 0.1) is 0 Å². The molecule has 0 radical (unpaired) electrons. The van der Waals surface area contributed by atoms with Crippen molar-refractivity contribution in [3.05, 3.63) is 35.4 Å². The lowest BCUT2D eigenvalue weighted by atomic mass is 9.83. The van der Waals surface area contributed by atoms with Gasteiger partial charge in [0.2, 0.25) is 0 Å². The molecule has 1 unspecified atom stereocenters. The molecule has 0 amide bonds. The maximum atomic E-state index is 11.4. The van der Waals surface area contributed by atoms with Crippen LogP contribution in [0.4, 0.5) is 0 Å². The van der Waals surface area contributed by atoms with Gasteiger partial charge in [-0.15, -0.1) is 0 Å². The molecule has 0 aromatic heterocycles. The van der Waals surface area contributed by atoms with E-state index in [1.165, 1.54) is 17.5 Å². The van der Waals surface area contributed by atoms with Crippen LogP contribution >= 0.6 is 0 Å². The third-order valence-electron chi connectivity index (χ3n) is 2.65. The SMILES string of the molecule is CC1C(=O)CCc2ccccc21.CCC. The molecule has 82 valence electrons. The molecule has 0 spiro atoms. The first kappa shape index (κ1) is 12.0. The zero-order valence-corrected chi connectivity index (χ0v) is 9.92. The Labute approximate surface area is 92.5 Å². The predicted molar refractivity (Wildman–Crippen MR) is 64.2 cm³/mol. The van der Waals surface area contributed by atoms with Gasteiger partial charge in [0.25, 0.3) is 0 Å². The lowest BCUT2D eigenvalue weighted by molar-refractivity contribution is -0.120. The van der Waals surface area contributed by atoms with Gasteiger partial charge in [0.1, 0.15) is 5.78 Å². The zero-order chi connectivity index (χ0) is 11.3. The second kappa shape index (κ2) is 5.69. The van der Waals surface area contributed by atoms with Crippen molar-refractivity contribution >= 4 is 5.78 Å². The summed E-state index contributed by atoms with van der Waals surface area (Å²) >= 11 is 0. The molecule has 0 saturated carbocycles. The monoisotopic (exact) mass is 204 g/mol. The Bertz CT molecular complexity index is 328. The highest BCUT2D eigenvalue weighted by Gasteiger charge is 2.22. The van der Waals surface area contributed by atoms with Crippen LogP contribution in [0.3, 0.4) is 0 Å². The van der Waals surface area contributed by atoms with E-state index in [1.54, 1.807) is 0 Å². The molecule has 0 bridgehead atoms. The summed E-state index contributed by atoms with van der Waals surface area (Å²) in [5.41, 5.74) is 2.58. The van der Waals surface area contributed by atoms with E-state index in [2.05, 4.69) is 26.0 Å². The fourth-order valence-electron chi connectivity index (χ4n) is 1.83. The number of hydrogen-bond acceptors (Lipinski definition) is 1. The lowest BCUT2D eigenvalue weighted by Gasteiger charge is -2.20. The Balaban J connectivity index is 0.000000337. The number of aryl methyl sites for hydroxylation is 1. The largest absolute Gasteiger partial charge is 0.299 e. The van der Waals surface area contributed by atoms with Crippen molar-refractivity contribution in [1.82, 2.24) is 0 Å². The number of carbonyl (C=O) groups excluding carboxylic acids is 1. The van der Waals surface area contributed by atoms with Crippen LogP contribution in [-0.4, -0.2) is 5.78 Å². The molecule has 0 fully saturated rings. The van der Waals surface area contributed by atoms with E-state index >= 15 is 0 Å². The van der Waals surface area contributed by atoms with Crippen molar-refractivity contribution < 1.29 is 4.79 Å². The third-order valence-corrected chi connectivity index (χ3v) is 2.65. The molecule has 0 heterocycles. The Morgan fingerprint density at radius 3 is 2.47 bits per heavy atom. The van der Waals surface area contributed by atoms with Crippen LogP contribution in [0.25, 0.3) is 0 Å². The number of hydrogen-bond donors (Lipinski definition) is 0. The molecule has 1 heteroatoms. The molecule has 0 N–H and O–H groups in total. The minimum absolute atomic E-state index is 0.120. The standard InChI is InChI=1S/C11H12O.C3H8/c1-8-10-5-3-2-4-9(10)6-7-11(8)12;1-3-2/h2-5,8H,6-7H2,1H3;3H2,1-2H3. The van der Waals surface area contributed by atoms with Crippen molar-refractivity contribution in [2.45, 2.75) is 46.0 Å². The van der Waals surface area contributed by atoms with Crippen LogP contribution in [0, 0.1) is 0 Å². The summed E-state index contributed by atoms with van der Waals surface area (Å²) in [6.45, 7) is 6.25. The van der Waals surface area contributed by atoms with Gasteiger partial charge in [-0.3, -0.25) is 4.79 Å². The summed E-state index contributed by atoms with van der Waals surface area (Å²) in [4.78, 5) is 11.4. The first-order valence-electron chi connectivity index (χ1n) is 5.81. The predicted octanol–water partition coefficient (Wildman–Crippen LogP) is 3.72. The van der Waals surface area contributed by atoms with Crippen molar-refractivity contribution in [1.29, 1.82) is 0 Å². The maximum Gasteiger partial charge on any atom is 0.140 e. The van der Waals surface area contributed by atoms with Crippen LogP contribution in [0.2, 0.25) is 0 Å². The van der Waals surface area contributed by atoms with E-state index in [0.717, 1.165) is 12.8 Å². The van der Waals surface area contributed by atoms with E-state index in [0.29, 0.717) is 5.78 Å². The molecule has 0 saturated heterocycles. The number of carbonyl (C=O) groups is 1. The number of Topliss-reactive ketones (excluding diaryl/α,β-unsaturated/α-hetero) is 1. The summed E-state index contributed by atoms with van der Waals surface area (Å²) in [5, 5.41) is 0. The number of ketones is 1. The zero-order valence-electron chi connectivity index (χ0n) is 9.92. The summed E-state index contributed by atoms with van der Waals surface area (Å²) in [5.74, 6) is 0.503. The van der Waals surface area contributed by atoms with E-state index < -0.39 is 0 Å². The highest BCUT2D eigenvalue weighted by molar-refractivity contribution is 5.87. The molecule has 1 aromatic rings. The second-order valence-corrected chi connectivity index (χ2v) is 4.09. The average Bonchev–Trinajstić information content (AvgIpc) is 2.25. The first-order valence-corrected chi connectivity index (χ1v) is 5.81. The van der Waals surface area contributed by atoms with Gasteiger partial charge in [-0.25, -0.2) is 0 Å². The Hall–Kier alpha value is -1.11. The summed E-state index contributed by atoms with van der Waals surface area (Å²) in [6.07, 6.45) is 2.90. The van der Waals surface area contributed by atoms with E-state index in [4.69, 9.17) is 0 Å². The third kappa shape index (κ3) is 2.92. The molecule has 1 atom stereocenters. The van der Waals surface area contributed by atoms with Gasteiger partial charge < -0.3 is 0 Å². The molecule has 0 aliphatic heterocycles. The molecular formula is C14H20O. The average molecular weight is 204 g/mol. The van der Waals surface area contributed by atoms with Gasteiger partial charge in [-0.2, -0.15) is 0 Å². The Morgan fingerprint density at radius 2 is 1.80 bits per heavy atom. The van der Waals surface area contributed by atoms with Crippen LogP contribution in [0.15, 0.2) is 24.3 Å². The summed E-state index contributed by atoms with van der Waals surface area (Å²) in [6, 6.07) is 8.24. The van der Waals surface area contributed by atoms with Gasteiger partial charge >= 0.3 is 0 Å².